The van der Waals surface area contributed by atoms with Crippen LogP contribution >= 0.6 is 27.7 Å². The molecule has 4 nitrogen and oxygen atoms in total. The summed E-state index contributed by atoms with van der Waals surface area (Å²) in [4.78, 5) is 14.3. The van der Waals surface area contributed by atoms with E-state index < -0.39 is 0 Å². The van der Waals surface area contributed by atoms with Crippen LogP contribution < -0.4 is 10.5 Å². The first-order valence-electron chi connectivity index (χ1n) is 6.71. The van der Waals surface area contributed by atoms with E-state index in [9.17, 15) is 4.79 Å². The minimum atomic E-state index is -0.0681. The Morgan fingerprint density at radius 3 is 3.05 bits per heavy atom. The fraction of sp³-hybridized carbons (Fsp3) is 0.692. The van der Waals surface area contributed by atoms with E-state index in [1.54, 1.807) is 13.2 Å². The van der Waals surface area contributed by atoms with Gasteiger partial charge in [0.25, 0.3) is 5.56 Å². The van der Waals surface area contributed by atoms with Crippen LogP contribution in [0.3, 0.4) is 0 Å². The second-order valence-corrected chi connectivity index (χ2v) is 7.16. The molecule has 1 aromatic heterocycles. The fourth-order valence-electron chi connectivity index (χ4n) is 2.42. The largest absolute Gasteiger partial charge is 0.368 e. The first-order chi connectivity index (χ1) is 9.13. The van der Waals surface area contributed by atoms with Crippen molar-refractivity contribution in [2.24, 2.45) is 7.05 Å². The molecule has 1 aliphatic heterocycles. The maximum atomic E-state index is 11.9. The molecule has 1 atom stereocenters. The number of halogens is 1. The molecule has 1 saturated heterocycles. The van der Waals surface area contributed by atoms with Crippen LogP contribution in [0.25, 0.3) is 0 Å². The third kappa shape index (κ3) is 3.54. The zero-order chi connectivity index (χ0) is 13.8. The molecule has 0 aromatic carbocycles. The van der Waals surface area contributed by atoms with E-state index in [4.69, 9.17) is 0 Å². The van der Waals surface area contributed by atoms with Crippen LogP contribution in [0.1, 0.15) is 26.2 Å². The van der Waals surface area contributed by atoms with Crippen molar-refractivity contribution < 1.29 is 0 Å². The number of anilines is 1. The zero-order valence-electron chi connectivity index (χ0n) is 11.4. The Morgan fingerprint density at radius 2 is 2.32 bits per heavy atom. The SMILES string of the molecule is CCSC1CCCCN(c2cnn(C)c(=O)c2Br)C1. The lowest BCUT2D eigenvalue weighted by molar-refractivity contribution is 0.692. The molecule has 106 valence electrons. The average molecular weight is 346 g/mol. The van der Waals surface area contributed by atoms with Gasteiger partial charge in [-0.2, -0.15) is 16.9 Å². The van der Waals surface area contributed by atoms with E-state index in [1.807, 2.05) is 11.8 Å². The summed E-state index contributed by atoms with van der Waals surface area (Å²) in [5.74, 6) is 1.15. The zero-order valence-corrected chi connectivity index (χ0v) is 13.8. The van der Waals surface area contributed by atoms with Gasteiger partial charge in [0.2, 0.25) is 0 Å². The molecule has 0 amide bonds. The van der Waals surface area contributed by atoms with Gasteiger partial charge in [-0.05, 0) is 34.5 Å². The molecule has 1 aromatic rings. The van der Waals surface area contributed by atoms with Crippen molar-refractivity contribution in [1.82, 2.24) is 9.78 Å². The van der Waals surface area contributed by atoms with Crippen LogP contribution in [0.15, 0.2) is 15.5 Å². The molecule has 6 heteroatoms. The van der Waals surface area contributed by atoms with Gasteiger partial charge in [0, 0.05) is 25.4 Å². The van der Waals surface area contributed by atoms with E-state index in [0.29, 0.717) is 9.72 Å². The maximum Gasteiger partial charge on any atom is 0.282 e. The van der Waals surface area contributed by atoms with E-state index in [1.165, 1.54) is 23.9 Å². The highest BCUT2D eigenvalue weighted by atomic mass is 79.9. The van der Waals surface area contributed by atoms with Crippen LogP contribution in [-0.2, 0) is 7.05 Å². The molecule has 0 saturated carbocycles. The van der Waals surface area contributed by atoms with Gasteiger partial charge < -0.3 is 4.90 Å². The molecule has 0 aliphatic carbocycles. The fourth-order valence-corrected chi connectivity index (χ4v) is 4.12. The predicted octanol–water partition coefficient (Wildman–Crippen LogP) is 2.65. The summed E-state index contributed by atoms with van der Waals surface area (Å²) in [5, 5.41) is 4.80. The Bertz CT molecular complexity index is 491. The monoisotopic (exact) mass is 345 g/mol. The highest BCUT2D eigenvalue weighted by Crippen LogP contribution is 2.28. The number of hydrogen-bond donors (Lipinski definition) is 0. The third-order valence-electron chi connectivity index (χ3n) is 3.43. The molecule has 0 bridgehead atoms. The third-order valence-corrected chi connectivity index (χ3v) is 5.37. The predicted molar refractivity (Wildman–Crippen MR) is 85.2 cm³/mol. The Kier molecular flexibility index (Phi) is 5.33. The van der Waals surface area contributed by atoms with Gasteiger partial charge in [-0.15, -0.1) is 0 Å². The molecule has 0 spiro atoms. The Labute approximate surface area is 126 Å². The van der Waals surface area contributed by atoms with E-state index in [-0.39, 0.29) is 5.56 Å². The summed E-state index contributed by atoms with van der Waals surface area (Å²) >= 11 is 5.45. The minimum Gasteiger partial charge on any atom is -0.368 e. The molecular formula is C13H20BrN3OS. The lowest BCUT2D eigenvalue weighted by Crippen LogP contribution is -2.32. The molecule has 2 heterocycles. The van der Waals surface area contributed by atoms with Crippen molar-refractivity contribution in [2.75, 3.05) is 23.7 Å². The van der Waals surface area contributed by atoms with E-state index in [2.05, 4.69) is 32.9 Å². The van der Waals surface area contributed by atoms with Gasteiger partial charge in [-0.3, -0.25) is 4.79 Å². The number of aromatic nitrogens is 2. The number of aryl methyl sites for hydroxylation is 1. The van der Waals surface area contributed by atoms with Crippen molar-refractivity contribution in [3.05, 3.63) is 21.0 Å². The van der Waals surface area contributed by atoms with Crippen LogP contribution in [0.2, 0.25) is 0 Å². The molecule has 19 heavy (non-hydrogen) atoms. The highest BCUT2D eigenvalue weighted by molar-refractivity contribution is 9.10. The van der Waals surface area contributed by atoms with E-state index in [0.717, 1.165) is 24.5 Å². The molecular weight excluding hydrogens is 326 g/mol. The van der Waals surface area contributed by atoms with E-state index >= 15 is 0 Å². The Morgan fingerprint density at radius 1 is 1.53 bits per heavy atom. The second kappa shape index (κ2) is 6.79. The van der Waals surface area contributed by atoms with Gasteiger partial charge in [-0.1, -0.05) is 13.3 Å². The topological polar surface area (TPSA) is 38.1 Å². The maximum absolute atomic E-state index is 11.9. The van der Waals surface area contributed by atoms with Crippen LogP contribution in [-0.4, -0.2) is 33.9 Å². The normalized spacial score (nSPS) is 20.4. The minimum absolute atomic E-state index is 0.0681. The Balaban J connectivity index is 2.24. The van der Waals surface area contributed by atoms with Crippen molar-refractivity contribution >= 4 is 33.4 Å². The summed E-state index contributed by atoms with van der Waals surface area (Å²) in [6.07, 6.45) is 5.52. The highest BCUT2D eigenvalue weighted by Gasteiger charge is 2.21. The van der Waals surface area contributed by atoms with Crippen molar-refractivity contribution in [3.63, 3.8) is 0 Å². The average Bonchev–Trinajstić information content (AvgIpc) is 2.62. The molecule has 0 N–H and O–H groups in total. The van der Waals surface area contributed by atoms with Crippen molar-refractivity contribution in [1.29, 1.82) is 0 Å². The van der Waals surface area contributed by atoms with Crippen molar-refractivity contribution in [3.8, 4) is 0 Å². The number of nitrogens with zero attached hydrogens (tertiary/aromatic N) is 3. The number of rotatable bonds is 3. The molecule has 2 rings (SSSR count). The van der Waals surface area contributed by atoms with Crippen molar-refractivity contribution in [2.45, 2.75) is 31.4 Å². The summed E-state index contributed by atoms with van der Waals surface area (Å²) in [6.45, 7) is 4.22. The Hall–Kier alpha value is -0.490. The first-order valence-corrected chi connectivity index (χ1v) is 8.56. The smallest absolute Gasteiger partial charge is 0.282 e. The lowest BCUT2D eigenvalue weighted by atomic mass is 10.2. The lowest BCUT2D eigenvalue weighted by Gasteiger charge is -2.26. The van der Waals surface area contributed by atoms with Gasteiger partial charge >= 0.3 is 0 Å². The van der Waals surface area contributed by atoms with Gasteiger partial charge in [0.15, 0.2) is 0 Å². The standard InChI is InChI=1S/C13H20BrN3OS/c1-3-19-10-6-4-5-7-17(9-10)11-8-15-16(2)13(18)12(11)14/h8,10H,3-7,9H2,1-2H3. The molecule has 1 aliphatic rings. The quantitative estimate of drug-likeness (QED) is 0.843. The van der Waals surface area contributed by atoms with Gasteiger partial charge in [0.1, 0.15) is 4.47 Å². The number of thioether (sulfide) groups is 1. The van der Waals surface area contributed by atoms with Crippen LogP contribution in [0, 0.1) is 0 Å². The van der Waals surface area contributed by atoms with Gasteiger partial charge in [0.05, 0.1) is 11.9 Å². The molecule has 1 unspecified atom stereocenters. The van der Waals surface area contributed by atoms with Crippen LogP contribution in [0.5, 0.6) is 0 Å². The number of hydrogen-bond acceptors (Lipinski definition) is 4. The summed E-state index contributed by atoms with van der Waals surface area (Å²) in [5.41, 5.74) is 0.869. The van der Waals surface area contributed by atoms with Crippen LogP contribution in [0.4, 0.5) is 5.69 Å². The summed E-state index contributed by atoms with van der Waals surface area (Å²) in [7, 11) is 1.68. The summed E-state index contributed by atoms with van der Waals surface area (Å²) in [6, 6.07) is 0. The van der Waals surface area contributed by atoms with Gasteiger partial charge in [-0.25, -0.2) is 4.68 Å². The first kappa shape index (κ1) is 14.9. The molecule has 1 fully saturated rings. The summed E-state index contributed by atoms with van der Waals surface area (Å²) < 4.78 is 2.00. The molecule has 0 radical (unpaired) electrons. The second-order valence-electron chi connectivity index (χ2n) is 4.79.